The Kier molecular flexibility index (Phi) is 4.70. The zero-order chi connectivity index (χ0) is 15.4. The largest absolute Gasteiger partial charge is 0.434 e. The molecule has 21 heavy (non-hydrogen) atoms. The van der Waals surface area contributed by atoms with E-state index in [1.807, 2.05) is 12.1 Å². The number of nitrogens with zero attached hydrogens (tertiary/aromatic N) is 3. The highest BCUT2D eigenvalue weighted by molar-refractivity contribution is 6.28. The highest BCUT2D eigenvalue weighted by atomic mass is 35.5. The molecule has 1 aromatic carbocycles. The molecule has 0 atom stereocenters. The molecule has 0 aliphatic heterocycles. The van der Waals surface area contributed by atoms with Crippen LogP contribution in [0.4, 0.5) is 5.69 Å². The first kappa shape index (κ1) is 15.2. The maximum Gasteiger partial charge on any atom is 0.352 e. The number of aromatic nitrogens is 2. The summed E-state index contributed by atoms with van der Waals surface area (Å²) in [4.78, 5) is 18.1. The predicted octanol–water partition coefficient (Wildman–Crippen LogP) is 4.09. The van der Waals surface area contributed by atoms with Gasteiger partial charge in [0.05, 0.1) is 4.92 Å². The van der Waals surface area contributed by atoms with Crippen LogP contribution in [0.25, 0.3) is 0 Å². The zero-order valence-corrected chi connectivity index (χ0v) is 12.4. The molecule has 2 rings (SSSR count). The van der Waals surface area contributed by atoms with Crippen molar-refractivity contribution >= 4 is 17.3 Å². The van der Waals surface area contributed by atoms with E-state index in [1.54, 1.807) is 12.1 Å². The monoisotopic (exact) mass is 307 g/mol. The molecule has 2 aromatic rings. The Balaban J connectivity index is 2.32. The molecule has 7 heteroatoms. The molecule has 0 radical (unpaired) electrons. The van der Waals surface area contributed by atoms with Crippen LogP contribution in [0, 0.1) is 17.0 Å². The van der Waals surface area contributed by atoms with Crippen LogP contribution in [0.2, 0.25) is 5.28 Å². The summed E-state index contributed by atoms with van der Waals surface area (Å²) in [5.41, 5.74) is 1.06. The Morgan fingerprint density at radius 3 is 2.52 bits per heavy atom. The van der Waals surface area contributed by atoms with Crippen molar-refractivity contribution in [2.24, 2.45) is 0 Å². The lowest BCUT2D eigenvalue weighted by molar-refractivity contribution is -0.386. The third-order valence-electron chi connectivity index (χ3n) is 2.86. The number of halogens is 1. The first-order valence-electron chi connectivity index (χ1n) is 6.46. The summed E-state index contributed by atoms with van der Waals surface area (Å²) in [7, 11) is 0. The second kappa shape index (κ2) is 6.49. The van der Waals surface area contributed by atoms with Crippen LogP contribution in [-0.2, 0) is 6.42 Å². The van der Waals surface area contributed by atoms with Gasteiger partial charge in [-0.15, -0.1) is 0 Å². The van der Waals surface area contributed by atoms with Gasteiger partial charge < -0.3 is 4.74 Å². The molecule has 0 aliphatic carbocycles. The second-order valence-corrected chi connectivity index (χ2v) is 4.82. The van der Waals surface area contributed by atoms with Gasteiger partial charge in [-0.05, 0) is 42.6 Å². The van der Waals surface area contributed by atoms with Gasteiger partial charge in [0.2, 0.25) is 5.28 Å². The highest BCUT2D eigenvalue weighted by Crippen LogP contribution is 2.32. The van der Waals surface area contributed by atoms with Gasteiger partial charge in [-0.3, -0.25) is 10.1 Å². The van der Waals surface area contributed by atoms with Gasteiger partial charge in [-0.25, -0.2) is 4.98 Å². The van der Waals surface area contributed by atoms with Crippen molar-refractivity contribution in [1.29, 1.82) is 0 Å². The van der Waals surface area contributed by atoms with Crippen molar-refractivity contribution in [2.75, 3.05) is 0 Å². The molecular formula is C14H14ClN3O3. The van der Waals surface area contributed by atoms with Gasteiger partial charge in [-0.1, -0.05) is 25.5 Å². The summed E-state index contributed by atoms with van der Waals surface area (Å²) in [6, 6.07) is 7.33. The van der Waals surface area contributed by atoms with E-state index in [0.717, 1.165) is 12.8 Å². The molecule has 0 fully saturated rings. The van der Waals surface area contributed by atoms with Crippen LogP contribution >= 0.6 is 11.6 Å². The lowest BCUT2D eigenvalue weighted by Gasteiger charge is -2.07. The Morgan fingerprint density at radius 2 is 1.95 bits per heavy atom. The number of benzene rings is 1. The number of rotatable bonds is 5. The number of nitro groups is 1. The van der Waals surface area contributed by atoms with Crippen LogP contribution in [0.3, 0.4) is 0 Å². The van der Waals surface area contributed by atoms with Gasteiger partial charge in [0.25, 0.3) is 0 Å². The van der Waals surface area contributed by atoms with Crippen LogP contribution < -0.4 is 4.74 Å². The summed E-state index contributed by atoms with van der Waals surface area (Å²) in [5, 5.41) is 11.0. The fourth-order valence-corrected chi connectivity index (χ4v) is 2.12. The average Bonchev–Trinajstić information content (AvgIpc) is 2.40. The third-order valence-corrected chi connectivity index (χ3v) is 3.03. The van der Waals surface area contributed by atoms with Crippen LogP contribution in [0.5, 0.6) is 11.6 Å². The first-order valence-corrected chi connectivity index (χ1v) is 6.84. The maximum absolute atomic E-state index is 11.1. The third kappa shape index (κ3) is 3.66. The number of hydrogen-bond donors (Lipinski definition) is 0. The number of aryl methyl sites for hydroxylation is 2. The average molecular weight is 308 g/mol. The first-order chi connectivity index (χ1) is 10.0. The van der Waals surface area contributed by atoms with Gasteiger partial charge in [0.1, 0.15) is 11.4 Å². The minimum absolute atomic E-state index is 0.0873. The molecule has 0 bridgehead atoms. The van der Waals surface area contributed by atoms with E-state index in [2.05, 4.69) is 16.9 Å². The summed E-state index contributed by atoms with van der Waals surface area (Å²) in [6.45, 7) is 3.59. The van der Waals surface area contributed by atoms with E-state index >= 15 is 0 Å². The van der Waals surface area contributed by atoms with E-state index in [4.69, 9.17) is 16.3 Å². The van der Waals surface area contributed by atoms with Crippen molar-refractivity contribution < 1.29 is 9.66 Å². The maximum atomic E-state index is 11.1. The van der Waals surface area contributed by atoms with Crippen LogP contribution in [0.15, 0.2) is 24.3 Å². The van der Waals surface area contributed by atoms with Gasteiger partial charge >= 0.3 is 11.6 Å². The van der Waals surface area contributed by atoms with E-state index in [-0.39, 0.29) is 22.5 Å². The summed E-state index contributed by atoms with van der Waals surface area (Å²) < 4.78 is 5.49. The normalized spacial score (nSPS) is 10.4. The van der Waals surface area contributed by atoms with Crippen molar-refractivity contribution in [2.45, 2.75) is 26.7 Å². The molecular weight excluding hydrogens is 294 g/mol. The van der Waals surface area contributed by atoms with Crippen LogP contribution in [-0.4, -0.2) is 14.9 Å². The van der Waals surface area contributed by atoms with Gasteiger partial charge in [0, 0.05) is 0 Å². The molecule has 1 aromatic heterocycles. The summed E-state index contributed by atoms with van der Waals surface area (Å²) in [6.07, 6.45) is 2.02. The molecule has 0 N–H and O–H groups in total. The van der Waals surface area contributed by atoms with Crippen molar-refractivity contribution in [3.63, 3.8) is 0 Å². The predicted molar refractivity (Wildman–Crippen MR) is 78.9 cm³/mol. The second-order valence-electron chi connectivity index (χ2n) is 4.48. The quantitative estimate of drug-likeness (QED) is 0.472. The zero-order valence-electron chi connectivity index (χ0n) is 11.7. The molecule has 0 saturated heterocycles. The highest BCUT2D eigenvalue weighted by Gasteiger charge is 2.23. The molecule has 0 spiro atoms. The van der Waals surface area contributed by atoms with Crippen molar-refractivity contribution in [3.8, 4) is 11.6 Å². The van der Waals surface area contributed by atoms with Crippen molar-refractivity contribution in [1.82, 2.24) is 9.97 Å². The van der Waals surface area contributed by atoms with Crippen molar-refractivity contribution in [3.05, 3.63) is 50.9 Å². The Morgan fingerprint density at radius 1 is 1.29 bits per heavy atom. The topological polar surface area (TPSA) is 78.2 Å². The van der Waals surface area contributed by atoms with E-state index < -0.39 is 4.92 Å². The summed E-state index contributed by atoms with van der Waals surface area (Å²) in [5.74, 6) is 0.313. The molecule has 0 saturated carbocycles. The lowest BCUT2D eigenvalue weighted by Crippen LogP contribution is -2.01. The minimum Gasteiger partial charge on any atom is -0.434 e. The molecule has 0 amide bonds. The van der Waals surface area contributed by atoms with Gasteiger partial charge in [-0.2, -0.15) is 4.98 Å². The number of ether oxygens (including phenoxy) is 1. The fourth-order valence-electron chi connectivity index (χ4n) is 1.91. The van der Waals surface area contributed by atoms with E-state index in [1.165, 1.54) is 12.5 Å². The SMILES string of the molecule is CCCc1ccc(Oc2nc(Cl)nc(C)c2[N+](=O)[O-])cc1. The smallest absolute Gasteiger partial charge is 0.352 e. The van der Waals surface area contributed by atoms with E-state index in [0.29, 0.717) is 5.75 Å². The van der Waals surface area contributed by atoms with Gasteiger partial charge in [0.15, 0.2) is 0 Å². The molecule has 110 valence electrons. The van der Waals surface area contributed by atoms with E-state index in [9.17, 15) is 10.1 Å². The Bertz CT molecular complexity index is 659. The Labute approximate surface area is 126 Å². The van der Waals surface area contributed by atoms with Crippen LogP contribution in [0.1, 0.15) is 24.6 Å². The molecule has 0 unspecified atom stereocenters. The lowest BCUT2D eigenvalue weighted by atomic mass is 10.1. The molecule has 0 aliphatic rings. The molecule has 6 nitrogen and oxygen atoms in total. The fraction of sp³-hybridized carbons (Fsp3) is 0.286. The Hall–Kier alpha value is -2.21. The molecule has 1 heterocycles. The minimum atomic E-state index is -0.577. The standard InChI is InChI=1S/C14H14ClN3O3/c1-3-4-10-5-7-11(8-6-10)21-13-12(18(19)20)9(2)16-14(15)17-13/h5-8H,3-4H2,1-2H3. The number of hydrogen-bond acceptors (Lipinski definition) is 5. The summed E-state index contributed by atoms with van der Waals surface area (Å²) >= 11 is 5.73.